The summed E-state index contributed by atoms with van der Waals surface area (Å²) >= 11 is 0. The van der Waals surface area contributed by atoms with E-state index in [9.17, 15) is 0 Å². The molecule has 0 fully saturated rings. The van der Waals surface area contributed by atoms with Crippen LogP contribution in [0.1, 0.15) is 16.7 Å². The molecule has 2 aromatic rings. The summed E-state index contributed by atoms with van der Waals surface area (Å²) in [6, 6.07) is 17.4. The van der Waals surface area contributed by atoms with Crippen LogP contribution < -0.4 is 10.5 Å². The van der Waals surface area contributed by atoms with Crippen molar-refractivity contribution in [3.63, 3.8) is 0 Å². The molecule has 0 aromatic heterocycles. The number of nitrogens with zero attached hydrogens (tertiary/aromatic N) is 1. The van der Waals surface area contributed by atoms with Gasteiger partial charge in [-0.1, -0.05) is 36.4 Å². The van der Waals surface area contributed by atoms with Gasteiger partial charge in [0.25, 0.3) is 0 Å². The summed E-state index contributed by atoms with van der Waals surface area (Å²) in [5, 5.41) is 0. The van der Waals surface area contributed by atoms with E-state index in [-0.39, 0.29) is 0 Å². The smallest absolute Gasteiger partial charge is 0.118 e. The van der Waals surface area contributed by atoms with Gasteiger partial charge in [-0.2, -0.15) is 0 Å². The summed E-state index contributed by atoms with van der Waals surface area (Å²) in [4.78, 5) is 2.48. The zero-order chi connectivity index (χ0) is 14.7. The number of benzene rings is 2. The maximum atomic E-state index is 5.99. The first-order chi connectivity index (χ1) is 10.3. The standard InChI is InChI=1S/C18H22N2O/c1-21-18-8-6-14(7-9-18)12-20-13-16-5-3-2-4-15(16)10-17(20)11-19/h2-9,17H,10-13,19H2,1H3. The lowest BCUT2D eigenvalue weighted by molar-refractivity contribution is 0.167. The van der Waals surface area contributed by atoms with E-state index in [0.29, 0.717) is 12.6 Å². The Morgan fingerprint density at radius 3 is 2.48 bits per heavy atom. The summed E-state index contributed by atoms with van der Waals surface area (Å²) < 4.78 is 5.21. The Hall–Kier alpha value is -1.84. The van der Waals surface area contributed by atoms with Gasteiger partial charge in [-0.15, -0.1) is 0 Å². The number of hydrogen-bond donors (Lipinski definition) is 1. The van der Waals surface area contributed by atoms with Crippen molar-refractivity contribution in [2.24, 2.45) is 5.73 Å². The summed E-state index contributed by atoms with van der Waals surface area (Å²) in [7, 11) is 1.70. The minimum absolute atomic E-state index is 0.419. The molecule has 0 aliphatic carbocycles. The van der Waals surface area contributed by atoms with Gasteiger partial charge >= 0.3 is 0 Å². The van der Waals surface area contributed by atoms with Crippen molar-refractivity contribution in [2.75, 3.05) is 13.7 Å². The van der Waals surface area contributed by atoms with E-state index in [2.05, 4.69) is 41.3 Å². The largest absolute Gasteiger partial charge is 0.497 e. The molecule has 0 bridgehead atoms. The fourth-order valence-electron chi connectivity index (χ4n) is 3.02. The van der Waals surface area contributed by atoms with Crippen molar-refractivity contribution in [1.82, 2.24) is 4.90 Å². The molecule has 0 amide bonds. The van der Waals surface area contributed by atoms with Crippen molar-refractivity contribution in [3.8, 4) is 5.75 Å². The van der Waals surface area contributed by atoms with Crippen LogP contribution >= 0.6 is 0 Å². The molecule has 0 radical (unpaired) electrons. The molecule has 1 aliphatic heterocycles. The van der Waals surface area contributed by atoms with Gasteiger partial charge in [-0.3, -0.25) is 4.90 Å². The van der Waals surface area contributed by atoms with Crippen molar-refractivity contribution in [1.29, 1.82) is 0 Å². The average molecular weight is 282 g/mol. The van der Waals surface area contributed by atoms with Crippen LogP contribution in [-0.2, 0) is 19.5 Å². The van der Waals surface area contributed by atoms with Crippen LogP contribution in [0.15, 0.2) is 48.5 Å². The zero-order valence-electron chi connectivity index (χ0n) is 12.5. The number of hydrogen-bond acceptors (Lipinski definition) is 3. The normalized spacial score (nSPS) is 18.3. The summed E-state index contributed by atoms with van der Waals surface area (Å²) in [6.45, 7) is 2.61. The summed E-state index contributed by atoms with van der Waals surface area (Å²) in [5.41, 5.74) is 10.2. The number of methoxy groups -OCH3 is 1. The van der Waals surface area contributed by atoms with E-state index in [1.807, 2.05) is 12.1 Å². The number of ether oxygens (including phenoxy) is 1. The second-order valence-electron chi connectivity index (χ2n) is 5.62. The van der Waals surface area contributed by atoms with Gasteiger partial charge < -0.3 is 10.5 Å². The number of rotatable bonds is 4. The quantitative estimate of drug-likeness (QED) is 0.936. The van der Waals surface area contributed by atoms with Crippen molar-refractivity contribution in [3.05, 3.63) is 65.2 Å². The maximum absolute atomic E-state index is 5.99. The minimum atomic E-state index is 0.419. The van der Waals surface area contributed by atoms with Crippen LogP contribution in [0.3, 0.4) is 0 Å². The lowest BCUT2D eigenvalue weighted by Crippen LogP contribution is -2.44. The van der Waals surface area contributed by atoms with Gasteiger partial charge in [0.05, 0.1) is 7.11 Å². The molecule has 1 atom stereocenters. The second kappa shape index (κ2) is 6.29. The van der Waals surface area contributed by atoms with Crippen LogP contribution in [0.2, 0.25) is 0 Å². The van der Waals surface area contributed by atoms with E-state index in [0.717, 1.165) is 25.3 Å². The Kier molecular flexibility index (Phi) is 4.23. The van der Waals surface area contributed by atoms with Gasteiger partial charge in [0.15, 0.2) is 0 Å². The van der Waals surface area contributed by atoms with Crippen molar-refractivity contribution < 1.29 is 4.74 Å². The molecule has 1 aliphatic rings. The lowest BCUT2D eigenvalue weighted by atomic mass is 9.93. The lowest BCUT2D eigenvalue weighted by Gasteiger charge is -2.36. The topological polar surface area (TPSA) is 38.5 Å². The molecule has 1 unspecified atom stereocenters. The molecule has 0 saturated carbocycles. The Morgan fingerprint density at radius 2 is 1.81 bits per heavy atom. The highest BCUT2D eigenvalue weighted by molar-refractivity contribution is 5.31. The van der Waals surface area contributed by atoms with E-state index >= 15 is 0 Å². The van der Waals surface area contributed by atoms with Gasteiger partial charge in [0, 0.05) is 25.7 Å². The predicted molar refractivity (Wildman–Crippen MR) is 85.2 cm³/mol. The average Bonchev–Trinajstić information content (AvgIpc) is 2.55. The first-order valence-corrected chi connectivity index (χ1v) is 7.44. The molecule has 0 spiro atoms. The SMILES string of the molecule is COc1ccc(CN2Cc3ccccc3CC2CN)cc1. The van der Waals surface area contributed by atoms with Gasteiger partial charge in [0.1, 0.15) is 5.75 Å². The van der Waals surface area contributed by atoms with E-state index in [1.165, 1.54) is 16.7 Å². The first kappa shape index (κ1) is 14.1. The van der Waals surface area contributed by atoms with Crippen LogP contribution in [0.4, 0.5) is 0 Å². The van der Waals surface area contributed by atoms with E-state index in [4.69, 9.17) is 10.5 Å². The Labute approximate surface area is 126 Å². The minimum Gasteiger partial charge on any atom is -0.497 e. The molecule has 3 nitrogen and oxygen atoms in total. The Bertz CT molecular complexity index is 594. The van der Waals surface area contributed by atoms with Crippen LogP contribution in [0.5, 0.6) is 5.75 Å². The molecular weight excluding hydrogens is 260 g/mol. The third-order valence-electron chi connectivity index (χ3n) is 4.28. The fraction of sp³-hybridized carbons (Fsp3) is 0.333. The number of fused-ring (bicyclic) bond motifs is 1. The van der Waals surface area contributed by atoms with E-state index in [1.54, 1.807) is 7.11 Å². The molecule has 3 heteroatoms. The van der Waals surface area contributed by atoms with Crippen molar-refractivity contribution in [2.45, 2.75) is 25.6 Å². The van der Waals surface area contributed by atoms with Crippen LogP contribution in [-0.4, -0.2) is 24.6 Å². The molecule has 1 heterocycles. The number of nitrogens with two attached hydrogens (primary N) is 1. The van der Waals surface area contributed by atoms with Gasteiger partial charge in [0.2, 0.25) is 0 Å². The molecule has 3 rings (SSSR count). The Balaban J connectivity index is 1.77. The van der Waals surface area contributed by atoms with Crippen molar-refractivity contribution >= 4 is 0 Å². The molecule has 110 valence electrons. The van der Waals surface area contributed by atoms with Gasteiger partial charge in [-0.25, -0.2) is 0 Å². The van der Waals surface area contributed by atoms with Gasteiger partial charge in [-0.05, 0) is 35.2 Å². The molecule has 21 heavy (non-hydrogen) atoms. The van der Waals surface area contributed by atoms with Crippen LogP contribution in [0.25, 0.3) is 0 Å². The molecule has 2 aromatic carbocycles. The maximum Gasteiger partial charge on any atom is 0.118 e. The third-order valence-corrected chi connectivity index (χ3v) is 4.28. The third kappa shape index (κ3) is 3.09. The monoisotopic (exact) mass is 282 g/mol. The molecule has 2 N–H and O–H groups in total. The highest BCUT2D eigenvalue weighted by Crippen LogP contribution is 2.25. The zero-order valence-corrected chi connectivity index (χ0v) is 12.5. The Morgan fingerprint density at radius 1 is 1.10 bits per heavy atom. The molecular formula is C18H22N2O. The second-order valence-corrected chi connectivity index (χ2v) is 5.62. The summed E-state index contributed by atoms with van der Waals surface area (Å²) in [5.74, 6) is 0.901. The van der Waals surface area contributed by atoms with Crippen LogP contribution in [0, 0.1) is 0 Å². The molecule has 0 saturated heterocycles. The fourth-order valence-corrected chi connectivity index (χ4v) is 3.02. The highest BCUT2D eigenvalue weighted by atomic mass is 16.5. The highest BCUT2D eigenvalue weighted by Gasteiger charge is 2.24. The first-order valence-electron chi connectivity index (χ1n) is 7.44. The predicted octanol–water partition coefficient (Wildman–Crippen LogP) is 2.58. The van der Waals surface area contributed by atoms with E-state index < -0.39 is 0 Å². The summed E-state index contributed by atoms with van der Waals surface area (Å²) in [6.07, 6.45) is 1.04.